The highest BCUT2D eigenvalue weighted by molar-refractivity contribution is 6.42. The molecule has 3 aliphatic rings. The molecule has 3 heterocycles. The van der Waals surface area contributed by atoms with Gasteiger partial charge in [-0.25, -0.2) is 9.67 Å². The second-order valence-corrected chi connectivity index (χ2v) is 9.80. The minimum absolute atomic E-state index is 0.182. The molecule has 1 saturated heterocycles. The summed E-state index contributed by atoms with van der Waals surface area (Å²) in [5.41, 5.74) is 2.00. The van der Waals surface area contributed by atoms with E-state index in [1.165, 1.54) is 25.7 Å². The number of hydrogen-bond acceptors (Lipinski definition) is 3. The summed E-state index contributed by atoms with van der Waals surface area (Å²) < 4.78 is 1.90. The minimum atomic E-state index is -0.356. The van der Waals surface area contributed by atoms with Crippen molar-refractivity contribution in [2.45, 2.75) is 57.4 Å². The number of amides is 1. The number of hydrogen-bond donors (Lipinski definition) is 0. The number of carbonyl (C=O) groups excluding carboxylic acids is 1. The lowest BCUT2D eigenvalue weighted by molar-refractivity contribution is -0.135. The molecule has 7 heteroatoms. The van der Waals surface area contributed by atoms with E-state index in [-0.39, 0.29) is 17.9 Å². The molecule has 0 radical (unpaired) electrons. The number of aromatic nitrogens is 2. The van der Waals surface area contributed by atoms with E-state index in [4.69, 9.17) is 28.2 Å². The standard InChI is InChI=1S/C24H28Cl2N4O/c25-18-10-9-17(15-19(18)26)23-21(24(31)29-13-5-2-6-14-29)22(16-7-3-1-4-8-16)28-20-11-12-27-30(20)23/h9-12,15-16,21,23H,1-8,13-14H2. The highest BCUT2D eigenvalue weighted by Gasteiger charge is 2.44. The van der Waals surface area contributed by atoms with Crippen molar-refractivity contribution in [2.75, 3.05) is 13.1 Å². The molecule has 1 aliphatic carbocycles. The van der Waals surface area contributed by atoms with Crippen molar-refractivity contribution in [1.29, 1.82) is 0 Å². The second kappa shape index (κ2) is 8.95. The Kier molecular flexibility index (Phi) is 6.07. The van der Waals surface area contributed by atoms with Crippen LogP contribution in [0.15, 0.2) is 35.5 Å². The zero-order chi connectivity index (χ0) is 21.4. The first kappa shape index (κ1) is 21.0. The summed E-state index contributed by atoms with van der Waals surface area (Å²) in [6.07, 6.45) is 11.0. The van der Waals surface area contributed by atoms with Crippen LogP contribution in [0.3, 0.4) is 0 Å². The predicted octanol–water partition coefficient (Wildman–Crippen LogP) is 6.07. The molecule has 2 fully saturated rings. The fourth-order valence-corrected chi connectivity index (χ4v) is 5.77. The van der Waals surface area contributed by atoms with Gasteiger partial charge in [-0.1, -0.05) is 48.5 Å². The molecule has 164 valence electrons. The highest BCUT2D eigenvalue weighted by atomic mass is 35.5. The van der Waals surface area contributed by atoms with Crippen LogP contribution in [0, 0.1) is 11.8 Å². The van der Waals surface area contributed by atoms with Crippen LogP contribution < -0.4 is 0 Å². The lowest BCUT2D eigenvalue weighted by Gasteiger charge is -2.39. The molecular weight excluding hydrogens is 431 g/mol. The maximum Gasteiger partial charge on any atom is 0.233 e. The van der Waals surface area contributed by atoms with Crippen molar-refractivity contribution in [2.24, 2.45) is 16.8 Å². The van der Waals surface area contributed by atoms with Gasteiger partial charge in [0, 0.05) is 24.9 Å². The smallest absolute Gasteiger partial charge is 0.233 e. The average Bonchev–Trinajstić information content (AvgIpc) is 3.29. The third-order valence-electron chi connectivity index (χ3n) is 7.03. The van der Waals surface area contributed by atoms with Gasteiger partial charge in [0.05, 0.1) is 22.3 Å². The molecular formula is C24H28Cl2N4O. The van der Waals surface area contributed by atoms with E-state index in [0.29, 0.717) is 16.0 Å². The van der Waals surface area contributed by atoms with E-state index in [2.05, 4.69) is 5.10 Å². The Morgan fingerprint density at radius 3 is 2.42 bits per heavy atom. The Morgan fingerprint density at radius 1 is 0.935 bits per heavy atom. The Labute approximate surface area is 193 Å². The van der Waals surface area contributed by atoms with E-state index in [0.717, 1.165) is 55.9 Å². The molecule has 1 aromatic carbocycles. The summed E-state index contributed by atoms with van der Waals surface area (Å²) in [5, 5.41) is 5.60. The minimum Gasteiger partial charge on any atom is -0.342 e. The molecule has 5 rings (SSSR count). The fraction of sp³-hybridized carbons (Fsp3) is 0.542. The lowest BCUT2D eigenvalue weighted by atomic mass is 9.75. The Bertz CT molecular complexity index is 989. The summed E-state index contributed by atoms with van der Waals surface area (Å²) in [5.74, 6) is 0.993. The number of benzene rings is 1. The molecule has 0 spiro atoms. The van der Waals surface area contributed by atoms with Gasteiger partial charge in [0.25, 0.3) is 0 Å². The predicted molar refractivity (Wildman–Crippen MR) is 124 cm³/mol. The van der Waals surface area contributed by atoms with Crippen LogP contribution in [0.4, 0.5) is 5.82 Å². The number of aliphatic imine (C=N–C) groups is 1. The first-order chi connectivity index (χ1) is 15.1. The summed E-state index contributed by atoms with van der Waals surface area (Å²) in [6, 6.07) is 7.36. The van der Waals surface area contributed by atoms with Gasteiger partial charge in [-0.3, -0.25) is 4.79 Å². The monoisotopic (exact) mass is 458 g/mol. The van der Waals surface area contributed by atoms with E-state index in [1.807, 2.05) is 33.8 Å². The van der Waals surface area contributed by atoms with Gasteiger partial charge in [0.2, 0.25) is 5.91 Å². The Balaban J connectivity index is 1.62. The number of halogens is 2. The molecule has 31 heavy (non-hydrogen) atoms. The van der Waals surface area contributed by atoms with Crippen LogP contribution in [0.25, 0.3) is 0 Å². The zero-order valence-corrected chi connectivity index (χ0v) is 19.2. The van der Waals surface area contributed by atoms with E-state index >= 15 is 0 Å². The van der Waals surface area contributed by atoms with Crippen molar-refractivity contribution in [3.8, 4) is 0 Å². The first-order valence-electron chi connectivity index (χ1n) is 11.5. The normalized spacial score (nSPS) is 24.6. The fourth-order valence-electron chi connectivity index (χ4n) is 5.46. The molecule has 2 atom stereocenters. The lowest BCUT2D eigenvalue weighted by Crippen LogP contribution is -2.48. The maximum atomic E-state index is 14.0. The highest BCUT2D eigenvalue weighted by Crippen LogP contribution is 2.42. The average molecular weight is 459 g/mol. The molecule has 1 amide bonds. The first-order valence-corrected chi connectivity index (χ1v) is 12.2. The van der Waals surface area contributed by atoms with Gasteiger partial charge in [-0.05, 0) is 55.7 Å². The second-order valence-electron chi connectivity index (χ2n) is 8.99. The van der Waals surface area contributed by atoms with Crippen molar-refractivity contribution in [3.63, 3.8) is 0 Å². The van der Waals surface area contributed by atoms with Gasteiger partial charge >= 0.3 is 0 Å². The number of fused-ring (bicyclic) bond motifs is 1. The van der Waals surface area contributed by atoms with Gasteiger partial charge in [0.1, 0.15) is 5.92 Å². The topological polar surface area (TPSA) is 50.5 Å². The molecule has 1 aromatic heterocycles. The van der Waals surface area contributed by atoms with E-state index in [1.54, 1.807) is 6.20 Å². The summed E-state index contributed by atoms with van der Waals surface area (Å²) >= 11 is 12.6. The number of likely N-dealkylation sites (tertiary alicyclic amines) is 1. The van der Waals surface area contributed by atoms with Crippen LogP contribution in [0.1, 0.15) is 63.0 Å². The third-order valence-corrected chi connectivity index (χ3v) is 7.77. The zero-order valence-electron chi connectivity index (χ0n) is 17.6. The van der Waals surface area contributed by atoms with Crippen molar-refractivity contribution >= 4 is 40.6 Å². The van der Waals surface area contributed by atoms with Gasteiger partial charge in [-0.2, -0.15) is 5.10 Å². The van der Waals surface area contributed by atoms with Crippen LogP contribution in [0.2, 0.25) is 10.0 Å². The van der Waals surface area contributed by atoms with E-state index < -0.39 is 0 Å². The Hall–Kier alpha value is -1.85. The molecule has 5 nitrogen and oxygen atoms in total. The summed E-state index contributed by atoms with van der Waals surface area (Å²) in [6.45, 7) is 1.65. The van der Waals surface area contributed by atoms with Gasteiger partial charge in [0.15, 0.2) is 5.82 Å². The van der Waals surface area contributed by atoms with Crippen LogP contribution >= 0.6 is 23.2 Å². The summed E-state index contributed by atoms with van der Waals surface area (Å²) in [4.78, 5) is 21.1. The molecule has 2 unspecified atom stereocenters. The maximum absolute atomic E-state index is 14.0. The van der Waals surface area contributed by atoms with Crippen molar-refractivity contribution < 1.29 is 4.79 Å². The number of nitrogens with zero attached hydrogens (tertiary/aromatic N) is 4. The number of rotatable bonds is 3. The molecule has 0 bridgehead atoms. The van der Waals surface area contributed by atoms with Gasteiger partial charge in [-0.15, -0.1) is 0 Å². The van der Waals surface area contributed by atoms with Crippen LogP contribution in [-0.4, -0.2) is 39.4 Å². The molecule has 0 N–H and O–H groups in total. The van der Waals surface area contributed by atoms with Crippen molar-refractivity contribution in [1.82, 2.24) is 14.7 Å². The SMILES string of the molecule is O=C(C1C(C2CCCCC2)=Nc2ccnn2C1c1ccc(Cl)c(Cl)c1)N1CCCCC1. The third kappa shape index (κ3) is 4.03. The molecule has 2 aromatic rings. The van der Waals surface area contributed by atoms with Crippen LogP contribution in [0.5, 0.6) is 0 Å². The number of carbonyl (C=O) groups is 1. The van der Waals surface area contributed by atoms with Gasteiger partial charge < -0.3 is 4.90 Å². The Morgan fingerprint density at radius 2 is 1.68 bits per heavy atom. The van der Waals surface area contributed by atoms with Crippen LogP contribution in [-0.2, 0) is 4.79 Å². The van der Waals surface area contributed by atoms with Crippen molar-refractivity contribution in [3.05, 3.63) is 46.1 Å². The number of piperidine rings is 1. The molecule has 1 saturated carbocycles. The quantitative estimate of drug-likeness (QED) is 0.559. The molecule has 2 aliphatic heterocycles. The van der Waals surface area contributed by atoms with E-state index in [9.17, 15) is 4.79 Å². The summed E-state index contributed by atoms with van der Waals surface area (Å²) in [7, 11) is 0. The largest absolute Gasteiger partial charge is 0.342 e.